The summed E-state index contributed by atoms with van der Waals surface area (Å²) in [5.74, 6) is -0.471. The Morgan fingerprint density at radius 3 is 2.09 bits per heavy atom. The predicted molar refractivity (Wildman–Crippen MR) is 138 cm³/mol. The lowest BCUT2D eigenvalue weighted by molar-refractivity contribution is -0.140. The standard InChI is InChI=1S/C24H31Cl2N3O4S/c1-4-15-27-24(31)18(2)28(17-19-7-9-20(25)10-8-19)23(30)6-5-16-29(34(3,32)33)22-13-11-21(26)12-14-22/h7-14,18H,4-6,15-17H2,1-3H3,(H,27,31)/t18-/m0/s1. The van der Waals surface area contributed by atoms with E-state index >= 15 is 0 Å². The molecule has 1 atom stereocenters. The zero-order valence-electron chi connectivity index (χ0n) is 19.6. The van der Waals surface area contributed by atoms with Crippen LogP contribution in [-0.2, 0) is 26.2 Å². The largest absolute Gasteiger partial charge is 0.354 e. The number of rotatable bonds is 12. The second kappa shape index (κ2) is 13.0. The first kappa shape index (κ1) is 28.0. The van der Waals surface area contributed by atoms with Crippen LogP contribution in [0.25, 0.3) is 0 Å². The smallest absolute Gasteiger partial charge is 0.242 e. The SMILES string of the molecule is CCCNC(=O)[C@H](C)N(Cc1ccc(Cl)cc1)C(=O)CCCN(c1ccc(Cl)cc1)S(C)(=O)=O. The number of hydrogen-bond acceptors (Lipinski definition) is 4. The van der Waals surface area contributed by atoms with Crippen LogP contribution in [0, 0.1) is 0 Å². The van der Waals surface area contributed by atoms with Crippen molar-refractivity contribution in [3.63, 3.8) is 0 Å². The fourth-order valence-electron chi connectivity index (χ4n) is 3.38. The van der Waals surface area contributed by atoms with E-state index in [1.54, 1.807) is 43.3 Å². The molecule has 0 aliphatic carbocycles. The molecule has 10 heteroatoms. The zero-order chi connectivity index (χ0) is 25.3. The van der Waals surface area contributed by atoms with E-state index in [9.17, 15) is 18.0 Å². The van der Waals surface area contributed by atoms with Gasteiger partial charge in [0.15, 0.2) is 0 Å². The number of carbonyl (C=O) groups excluding carboxylic acids is 2. The Balaban J connectivity index is 2.13. The van der Waals surface area contributed by atoms with Gasteiger partial charge in [-0.15, -0.1) is 0 Å². The van der Waals surface area contributed by atoms with Crippen molar-refractivity contribution >= 4 is 50.7 Å². The van der Waals surface area contributed by atoms with Crippen LogP contribution in [0.3, 0.4) is 0 Å². The van der Waals surface area contributed by atoms with E-state index < -0.39 is 16.1 Å². The van der Waals surface area contributed by atoms with Gasteiger partial charge in [0.25, 0.3) is 0 Å². The molecule has 0 saturated heterocycles. The minimum Gasteiger partial charge on any atom is -0.354 e. The van der Waals surface area contributed by atoms with Gasteiger partial charge in [0.1, 0.15) is 6.04 Å². The maximum Gasteiger partial charge on any atom is 0.242 e. The molecule has 34 heavy (non-hydrogen) atoms. The second-order valence-electron chi connectivity index (χ2n) is 8.03. The van der Waals surface area contributed by atoms with E-state index in [0.29, 0.717) is 22.3 Å². The molecular weight excluding hydrogens is 497 g/mol. The van der Waals surface area contributed by atoms with Crippen molar-refractivity contribution in [2.45, 2.75) is 45.7 Å². The summed E-state index contributed by atoms with van der Waals surface area (Å²) in [6.45, 7) is 4.53. The molecule has 2 amide bonds. The maximum absolute atomic E-state index is 13.2. The fourth-order valence-corrected chi connectivity index (χ4v) is 4.59. The quantitative estimate of drug-likeness (QED) is 0.440. The Morgan fingerprint density at radius 2 is 1.56 bits per heavy atom. The van der Waals surface area contributed by atoms with Crippen LogP contribution in [0.5, 0.6) is 0 Å². The van der Waals surface area contributed by atoms with Gasteiger partial charge in [-0.3, -0.25) is 13.9 Å². The van der Waals surface area contributed by atoms with Crippen LogP contribution in [-0.4, -0.2) is 50.5 Å². The van der Waals surface area contributed by atoms with Gasteiger partial charge in [-0.1, -0.05) is 42.3 Å². The highest BCUT2D eigenvalue weighted by Crippen LogP contribution is 2.21. The van der Waals surface area contributed by atoms with Crippen molar-refractivity contribution in [1.82, 2.24) is 10.2 Å². The van der Waals surface area contributed by atoms with Gasteiger partial charge in [-0.25, -0.2) is 8.42 Å². The van der Waals surface area contributed by atoms with Crippen molar-refractivity contribution in [2.24, 2.45) is 0 Å². The van der Waals surface area contributed by atoms with Crippen molar-refractivity contribution in [3.05, 3.63) is 64.1 Å². The molecule has 7 nitrogen and oxygen atoms in total. The molecule has 0 saturated carbocycles. The van der Waals surface area contributed by atoms with E-state index in [1.807, 2.05) is 19.1 Å². The van der Waals surface area contributed by atoms with Crippen LogP contribution in [0.15, 0.2) is 48.5 Å². The third-order valence-electron chi connectivity index (χ3n) is 5.25. The molecule has 0 aromatic heterocycles. The van der Waals surface area contributed by atoms with Gasteiger partial charge in [0, 0.05) is 36.1 Å². The summed E-state index contributed by atoms with van der Waals surface area (Å²) in [7, 11) is -3.55. The van der Waals surface area contributed by atoms with E-state index in [4.69, 9.17) is 23.2 Å². The number of carbonyl (C=O) groups is 2. The Kier molecular flexibility index (Phi) is 10.7. The number of amides is 2. The molecule has 2 rings (SSSR count). The normalized spacial score (nSPS) is 12.1. The molecule has 0 bridgehead atoms. The Bertz CT molecular complexity index is 1060. The Labute approximate surface area is 212 Å². The lowest BCUT2D eigenvalue weighted by Crippen LogP contribution is -2.47. The van der Waals surface area contributed by atoms with Gasteiger partial charge < -0.3 is 10.2 Å². The highest BCUT2D eigenvalue weighted by atomic mass is 35.5. The minimum atomic E-state index is -3.55. The van der Waals surface area contributed by atoms with Crippen LogP contribution >= 0.6 is 23.2 Å². The summed E-state index contributed by atoms with van der Waals surface area (Å²) < 4.78 is 25.9. The molecule has 0 aliphatic rings. The third-order valence-corrected chi connectivity index (χ3v) is 6.95. The molecule has 0 aliphatic heterocycles. The van der Waals surface area contributed by atoms with E-state index in [-0.39, 0.29) is 37.7 Å². The summed E-state index contributed by atoms with van der Waals surface area (Å²) in [4.78, 5) is 27.3. The monoisotopic (exact) mass is 527 g/mol. The van der Waals surface area contributed by atoms with Gasteiger partial charge in [-0.2, -0.15) is 0 Å². The van der Waals surface area contributed by atoms with Crippen LogP contribution in [0.1, 0.15) is 38.7 Å². The summed E-state index contributed by atoms with van der Waals surface area (Å²) in [6, 6.07) is 12.9. The van der Waals surface area contributed by atoms with Gasteiger partial charge in [0.05, 0.1) is 11.9 Å². The summed E-state index contributed by atoms with van der Waals surface area (Å²) >= 11 is 11.9. The lowest BCUT2D eigenvalue weighted by atomic mass is 10.1. The van der Waals surface area contributed by atoms with Crippen molar-refractivity contribution < 1.29 is 18.0 Å². The molecule has 0 fully saturated rings. The molecule has 0 unspecified atom stereocenters. The number of sulfonamides is 1. The van der Waals surface area contributed by atoms with E-state index in [1.165, 1.54) is 9.21 Å². The number of anilines is 1. The van der Waals surface area contributed by atoms with Crippen LogP contribution in [0.2, 0.25) is 10.0 Å². The average molecular weight is 529 g/mol. The summed E-state index contributed by atoms with van der Waals surface area (Å²) in [5.41, 5.74) is 1.32. The second-order valence-corrected chi connectivity index (χ2v) is 10.8. The summed E-state index contributed by atoms with van der Waals surface area (Å²) in [5, 5.41) is 3.91. The topological polar surface area (TPSA) is 86.8 Å². The number of halogens is 2. The number of hydrogen-bond donors (Lipinski definition) is 1. The van der Waals surface area contributed by atoms with Gasteiger partial charge in [0.2, 0.25) is 21.8 Å². The molecular formula is C24H31Cl2N3O4S. The Morgan fingerprint density at radius 1 is 1.00 bits per heavy atom. The summed E-state index contributed by atoms with van der Waals surface area (Å²) in [6.07, 6.45) is 2.28. The first-order valence-electron chi connectivity index (χ1n) is 11.1. The number of benzene rings is 2. The highest BCUT2D eigenvalue weighted by Gasteiger charge is 2.26. The van der Waals surface area contributed by atoms with Gasteiger partial charge >= 0.3 is 0 Å². The zero-order valence-corrected chi connectivity index (χ0v) is 22.0. The van der Waals surface area contributed by atoms with E-state index in [2.05, 4.69) is 5.32 Å². The number of nitrogens with zero attached hydrogens (tertiary/aromatic N) is 2. The minimum absolute atomic E-state index is 0.0819. The van der Waals surface area contributed by atoms with E-state index in [0.717, 1.165) is 18.2 Å². The molecule has 0 radical (unpaired) electrons. The molecule has 186 valence electrons. The number of nitrogens with one attached hydrogen (secondary N) is 1. The first-order chi connectivity index (χ1) is 16.0. The third kappa shape index (κ3) is 8.49. The van der Waals surface area contributed by atoms with Crippen molar-refractivity contribution in [1.29, 1.82) is 0 Å². The fraction of sp³-hybridized carbons (Fsp3) is 0.417. The molecule has 1 N–H and O–H groups in total. The van der Waals surface area contributed by atoms with Crippen LogP contribution in [0.4, 0.5) is 5.69 Å². The Hall–Kier alpha value is -2.29. The van der Waals surface area contributed by atoms with Crippen molar-refractivity contribution in [2.75, 3.05) is 23.7 Å². The molecule has 2 aromatic carbocycles. The first-order valence-corrected chi connectivity index (χ1v) is 13.7. The van der Waals surface area contributed by atoms with Crippen molar-refractivity contribution in [3.8, 4) is 0 Å². The van der Waals surface area contributed by atoms with Gasteiger partial charge in [-0.05, 0) is 61.7 Å². The molecule has 0 heterocycles. The molecule has 2 aromatic rings. The average Bonchev–Trinajstić information content (AvgIpc) is 2.79. The maximum atomic E-state index is 13.2. The molecule has 0 spiro atoms. The highest BCUT2D eigenvalue weighted by molar-refractivity contribution is 7.92. The predicted octanol–water partition coefficient (Wildman–Crippen LogP) is 4.48. The lowest BCUT2D eigenvalue weighted by Gasteiger charge is -2.29. The van der Waals surface area contributed by atoms with Crippen LogP contribution < -0.4 is 9.62 Å².